The fourth-order valence-electron chi connectivity index (χ4n) is 2.33. The average Bonchev–Trinajstić information content (AvgIpc) is 2.81. The quantitative estimate of drug-likeness (QED) is 0.434. The molecule has 0 saturated carbocycles. The standard InChI is InChI=1S/C16H25N5.HI/c1-4-10-18-16(17-5-2)19-11-12-21-13(3)20-14-8-6-7-9-15(14)21;/h6-9H,4-5,10-12H2,1-3H3,(H2,17,18,19);1H. The first kappa shape index (κ1) is 18.7. The van der Waals surface area contributed by atoms with Crippen LogP contribution < -0.4 is 10.6 Å². The minimum atomic E-state index is 0. The lowest BCUT2D eigenvalue weighted by Crippen LogP contribution is -2.39. The third-order valence-electron chi connectivity index (χ3n) is 3.31. The van der Waals surface area contributed by atoms with Gasteiger partial charge in [-0.05, 0) is 32.4 Å². The molecule has 0 aliphatic rings. The van der Waals surface area contributed by atoms with Crippen molar-refractivity contribution in [1.29, 1.82) is 0 Å². The van der Waals surface area contributed by atoms with Gasteiger partial charge in [-0.25, -0.2) is 4.98 Å². The molecule has 0 amide bonds. The Morgan fingerprint density at radius 1 is 1.23 bits per heavy atom. The third kappa shape index (κ3) is 4.86. The smallest absolute Gasteiger partial charge is 0.191 e. The SMILES string of the molecule is CCCN=C(NCC)NCCn1c(C)nc2ccccc21.I. The third-order valence-corrected chi connectivity index (χ3v) is 3.31. The van der Waals surface area contributed by atoms with Crippen LogP contribution in [0.5, 0.6) is 0 Å². The number of hydrogen-bond donors (Lipinski definition) is 2. The number of hydrogen-bond acceptors (Lipinski definition) is 2. The molecule has 2 aromatic rings. The maximum atomic E-state index is 4.59. The molecule has 0 atom stereocenters. The predicted octanol–water partition coefficient (Wildman–Crippen LogP) is 2.93. The van der Waals surface area contributed by atoms with Crippen LogP contribution in [-0.4, -0.2) is 35.1 Å². The van der Waals surface area contributed by atoms with E-state index in [1.165, 1.54) is 5.52 Å². The molecule has 0 spiro atoms. The van der Waals surface area contributed by atoms with E-state index in [-0.39, 0.29) is 24.0 Å². The van der Waals surface area contributed by atoms with Crippen LogP contribution in [0.3, 0.4) is 0 Å². The molecule has 0 bridgehead atoms. The highest BCUT2D eigenvalue weighted by atomic mass is 127. The molecule has 6 heteroatoms. The number of rotatable bonds is 6. The zero-order valence-electron chi connectivity index (χ0n) is 13.6. The van der Waals surface area contributed by atoms with E-state index in [1.54, 1.807) is 0 Å². The Hall–Kier alpha value is -1.31. The summed E-state index contributed by atoms with van der Waals surface area (Å²) >= 11 is 0. The highest BCUT2D eigenvalue weighted by Crippen LogP contribution is 2.14. The first-order valence-corrected chi connectivity index (χ1v) is 7.70. The van der Waals surface area contributed by atoms with Gasteiger partial charge >= 0.3 is 0 Å². The molecule has 2 N–H and O–H groups in total. The lowest BCUT2D eigenvalue weighted by atomic mass is 10.3. The van der Waals surface area contributed by atoms with Crippen LogP contribution in [0.2, 0.25) is 0 Å². The second-order valence-corrected chi connectivity index (χ2v) is 4.99. The van der Waals surface area contributed by atoms with Crippen molar-refractivity contribution in [2.75, 3.05) is 19.6 Å². The number of benzene rings is 1. The fourth-order valence-corrected chi connectivity index (χ4v) is 2.33. The molecule has 5 nitrogen and oxygen atoms in total. The van der Waals surface area contributed by atoms with E-state index in [9.17, 15) is 0 Å². The number of nitrogens with one attached hydrogen (secondary N) is 2. The zero-order valence-corrected chi connectivity index (χ0v) is 15.9. The number of nitrogens with zero attached hydrogens (tertiary/aromatic N) is 3. The summed E-state index contributed by atoms with van der Waals surface area (Å²) in [5, 5.41) is 6.64. The molecule has 0 unspecified atom stereocenters. The largest absolute Gasteiger partial charge is 0.357 e. The predicted molar refractivity (Wildman–Crippen MR) is 104 cm³/mol. The highest BCUT2D eigenvalue weighted by Gasteiger charge is 2.06. The van der Waals surface area contributed by atoms with Crippen LogP contribution in [0.25, 0.3) is 11.0 Å². The second kappa shape index (κ2) is 9.66. The Kier molecular flexibility index (Phi) is 8.22. The number of guanidine groups is 1. The van der Waals surface area contributed by atoms with Gasteiger partial charge in [0.2, 0.25) is 0 Å². The number of para-hydroxylation sites is 2. The van der Waals surface area contributed by atoms with Crippen molar-refractivity contribution >= 4 is 41.0 Å². The van der Waals surface area contributed by atoms with Crippen molar-refractivity contribution < 1.29 is 0 Å². The number of fused-ring (bicyclic) bond motifs is 1. The first-order chi connectivity index (χ1) is 10.3. The summed E-state index contributed by atoms with van der Waals surface area (Å²) in [5.74, 6) is 1.94. The van der Waals surface area contributed by atoms with E-state index < -0.39 is 0 Å². The molecule has 0 aliphatic heterocycles. The summed E-state index contributed by atoms with van der Waals surface area (Å²) in [6, 6.07) is 8.25. The van der Waals surface area contributed by atoms with Crippen molar-refractivity contribution in [2.24, 2.45) is 4.99 Å². The Morgan fingerprint density at radius 2 is 2.00 bits per heavy atom. The van der Waals surface area contributed by atoms with Crippen LogP contribution in [0.1, 0.15) is 26.1 Å². The Morgan fingerprint density at radius 3 is 2.73 bits per heavy atom. The van der Waals surface area contributed by atoms with Crippen molar-refractivity contribution in [2.45, 2.75) is 33.7 Å². The van der Waals surface area contributed by atoms with Crippen molar-refractivity contribution in [1.82, 2.24) is 20.2 Å². The molecular weight excluding hydrogens is 389 g/mol. The zero-order chi connectivity index (χ0) is 15.1. The number of aryl methyl sites for hydroxylation is 1. The highest BCUT2D eigenvalue weighted by molar-refractivity contribution is 14.0. The second-order valence-electron chi connectivity index (χ2n) is 4.99. The minimum absolute atomic E-state index is 0. The number of aliphatic imine (C=N–C) groups is 1. The number of halogens is 1. The van der Waals surface area contributed by atoms with Crippen LogP contribution in [0, 0.1) is 6.92 Å². The topological polar surface area (TPSA) is 54.2 Å². The van der Waals surface area contributed by atoms with Gasteiger partial charge in [0.15, 0.2) is 5.96 Å². The van der Waals surface area contributed by atoms with Gasteiger partial charge in [0.25, 0.3) is 0 Å². The number of aromatic nitrogens is 2. The lowest BCUT2D eigenvalue weighted by Gasteiger charge is -2.12. The Labute approximate surface area is 149 Å². The molecule has 1 aromatic heterocycles. The number of imidazole rings is 1. The van der Waals surface area contributed by atoms with Crippen molar-refractivity contribution in [3.8, 4) is 0 Å². The fraction of sp³-hybridized carbons (Fsp3) is 0.500. The molecule has 1 aromatic carbocycles. The molecule has 1 heterocycles. The molecule has 0 saturated heterocycles. The van der Waals surface area contributed by atoms with E-state index >= 15 is 0 Å². The summed E-state index contributed by atoms with van der Waals surface area (Å²) in [7, 11) is 0. The van der Waals surface area contributed by atoms with E-state index in [4.69, 9.17) is 0 Å². The first-order valence-electron chi connectivity index (χ1n) is 7.70. The van der Waals surface area contributed by atoms with Gasteiger partial charge < -0.3 is 15.2 Å². The molecule has 0 radical (unpaired) electrons. The van der Waals surface area contributed by atoms with Gasteiger partial charge in [-0.15, -0.1) is 24.0 Å². The normalized spacial score (nSPS) is 11.3. The van der Waals surface area contributed by atoms with Crippen molar-refractivity contribution in [3.05, 3.63) is 30.1 Å². The van der Waals surface area contributed by atoms with Crippen molar-refractivity contribution in [3.63, 3.8) is 0 Å². The van der Waals surface area contributed by atoms with E-state index in [2.05, 4.69) is 64.1 Å². The summed E-state index contributed by atoms with van der Waals surface area (Å²) in [4.78, 5) is 9.09. The van der Waals surface area contributed by atoms with Crippen LogP contribution in [0.4, 0.5) is 0 Å². The molecule has 0 fully saturated rings. The van der Waals surface area contributed by atoms with E-state index in [1.807, 2.05) is 6.07 Å². The Balaban J connectivity index is 0.00000242. The monoisotopic (exact) mass is 415 g/mol. The maximum absolute atomic E-state index is 4.59. The molecule has 122 valence electrons. The van der Waals surface area contributed by atoms with Crippen LogP contribution in [-0.2, 0) is 6.54 Å². The van der Waals surface area contributed by atoms with Gasteiger partial charge in [0.05, 0.1) is 11.0 Å². The van der Waals surface area contributed by atoms with Gasteiger partial charge in [-0.1, -0.05) is 19.1 Å². The van der Waals surface area contributed by atoms with Gasteiger partial charge in [-0.3, -0.25) is 4.99 Å². The maximum Gasteiger partial charge on any atom is 0.191 e. The van der Waals surface area contributed by atoms with Crippen LogP contribution >= 0.6 is 24.0 Å². The summed E-state index contributed by atoms with van der Waals surface area (Å²) in [6.45, 7) is 9.70. The average molecular weight is 415 g/mol. The molecular formula is C16H26IN5. The summed E-state index contributed by atoms with van der Waals surface area (Å²) in [6.07, 6.45) is 1.06. The summed E-state index contributed by atoms with van der Waals surface area (Å²) in [5.41, 5.74) is 2.24. The summed E-state index contributed by atoms with van der Waals surface area (Å²) < 4.78 is 2.24. The lowest BCUT2D eigenvalue weighted by molar-refractivity contribution is 0.660. The molecule has 22 heavy (non-hydrogen) atoms. The van der Waals surface area contributed by atoms with E-state index in [0.717, 1.165) is 49.9 Å². The Bertz CT molecular complexity index is 606. The molecule has 2 rings (SSSR count). The van der Waals surface area contributed by atoms with E-state index in [0.29, 0.717) is 0 Å². The minimum Gasteiger partial charge on any atom is -0.357 e. The van der Waals surface area contributed by atoms with Gasteiger partial charge in [0, 0.05) is 26.2 Å². The van der Waals surface area contributed by atoms with Gasteiger partial charge in [-0.2, -0.15) is 0 Å². The molecule has 0 aliphatic carbocycles. The van der Waals surface area contributed by atoms with Crippen LogP contribution in [0.15, 0.2) is 29.3 Å². The van der Waals surface area contributed by atoms with Gasteiger partial charge in [0.1, 0.15) is 5.82 Å².